The molecule has 2 saturated heterocycles. The number of pyridine rings is 1. The first-order valence-electron chi connectivity index (χ1n) is 9.57. The molecule has 2 aromatic rings. The average Bonchev–Trinajstić information content (AvgIpc) is 2.64. The van der Waals surface area contributed by atoms with Gasteiger partial charge < -0.3 is 14.4 Å². The molecule has 1 amide bonds. The Labute approximate surface area is 160 Å². The minimum atomic E-state index is -0.248. The van der Waals surface area contributed by atoms with Crippen molar-refractivity contribution < 1.29 is 14.3 Å². The summed E-state index contributed by atoms with van der Waals surface area (Å²) < 4.78 is 12.2. The van der Waals surface area contributed by atoms with Gasteiger partial charge in [-0.2, -0.15) is 0 Å². The van der Waals surface area contributed by atoms with Crippen LogP contribution in [-0.2, 0) is 16.1 Å². The van der Waals surface area contributed by atoms with Crippen LogP contribution in [0.2, 0.25) is 0 Å². The third-order valence-electron chi connectivity index (χ3n) is 5.37. The summed E-state index contributed by atoms with van der Waals surface area (Å²) in [4.78, 5) is 19.0. The Kier molecular flexibility index (Phi) is 4.98. The number of amides is 1. The number of aryl methyl sites for hydroxylation is 2. The molecule has 5 nitrogen and oxygen atoms in total. The van der Waals surface area contributed by atoms with Crippen molar-refractivity contribution in [1.29, 1.82) is 0 Å². The quantitative estimate of drug-likeness (QED) is 0.833. The number of carbonyl (C=O) groups excluding carboxylic acids is 1. The van der Waals surface area contributed by atoms with Crippen molar-refractivity contribution in [1.82, 2.24) is 9.88 Å². The number of carbonyl (C=O) groups is 1. The normalized spacial score (nSPS) is 21.1. The van der Waals surface area contributed by atoms with E-state index in [-0.39, 0.29) is 17.6 Å². The van der Waals surface area contributed by atoms with E-state index in [2.05, 4.69) is 4.98 Å². The van der Waals surface area contributed by atoms with Gasteiger partial charge in [-0.05, 0) is 44.5 Å². The van der Waals surface area contributed by atoms with Gasteiger partial charge in [-0.1, -0.05) is 23.8 Å². The summed E-state index contributed by atoms with van der Waals surface area (Å²) in [6.45, 7) is 6.47. The lowest BCUT2D eigenvalue weighted by atomic mass is 9.84. The molecule has 2 aliphatic heterocycles. The molecular formula is C22H26N2O3. The molecule has 0 unspecified atom stereocenters. The van der Waals surface area contributed by atoms with E-state index in [1.54, 1.807) is 0 Å². The van der Waals surface area contributed by atoms with Gasteiger partial charge >= 0.3 is 0 Å². The van der Waals surface area contributed by atoms with Crippen LogP contribution in [0.3, 0.4) is 0 Å². The maximum absolute atomic E-state index is 12.7. The summed E-state index contributed by atoms with van der Waals surface area (Å²) in [5, 5.41) is 0. The van der Waals surface area contributed by atoms with Crippen molar-refractivity contribution in [2.45, 2.75) is 45.0 Å². The number of hydrogen-bond donors (Lipinski definition) is 0. The number of ether oxygens (including phenoxy) is 2. The van der Waals surface area contributed by atoms with Gasteiger partial charge in [0.05, 0.1) is 31.5 Å². The Balaban J connectivity index is 1.32. The Bertz CT molecular complexity index is 830. The van der Waals surface area contributed by atoms with Crippen LogP contribution in [0.15, 0.2) is 42.5 Å². The van der Waals surface area contributed by atoms with Crippen molar-refractivity contribution in [2.75, 3.05) is 19.7 Å². The van der Waals surface area contributed by atoms with Crippen molar-refractivity contribution in [3.8, 4) is 0 Å². The van der Waals surface area contributed by atoms with E-state index in [9.17, 15) is 4.79 Å². The second-order valence-electron chi connectivity index (χ2n) is 7.76. The highest BCUT2D eigenvalue weighted by atomic mass is 16.5. The number of hydrogen-bond acceptors (Lipinski definition) is 4. The van der Waals surface area contributed by atoms with E-state index < -0.39 is 0 Å². The second-order valence-corrected chi connectivity index (χ2v) is 7.76. The van der Waals surface area contributed by atoms with Gasteiger partial charge in [0.25, 0.3) is 5.91 Å². The molecule has 142 valence electrons. The third-order valence-corrected chi connectivity index (χ3v) is 5.37. The smallest absolute Gasteiger partial charge is 0.254 e. The number of rotatable bonds is 4. The summed E-state index contributed by atoms with van der Waals surface area (Å²) >= 11 is 0. The first kappa shape index (κ1) is 18.1. The zero-order valence-corrected chi connectivity index (χ0v) is 16.0. The van der Waals surface area contributed by atoms with Gasteiger partial charge in [-0.25, -0.2) is 0 Å². The van der Waals surface area contributed by atoms with Gasteiger partial charge in [-0.15, -0.1) is 0 Å². The van der Waals surface area contributed by atoms with E-state index in [1.807, 2.05) is 61.2 Å². The first-order valence-corrected chi connectivity index (χ1v) is 9.57. The molecule has 5 heteroatoms. The third kappa shape index (κ3) is 4.04. The van der Waals surface area contributed by atoms with Crippen LogP contribution in [0, 0.1) is 13.8 Å². The van der Waals surface area contributed by atoms with Crippen molar-refractivity contribution in [2.24, 2.45) is 0 Å². The van der Waals surface area contributed by atoms with Gasteiger partial charge in [-0.3, -0.25) is 9.78 Å². The summed E-state index contributed by atoms with van der Waals surface area (Å²) in [6, 6.07) is 13.7. The minimum Gasteiger partial charge on any atom is -0.372 e. The SMILES string of the molecule is Cc1cccc(C(=O)N2CC3(C[C@H](OCc4cccc(C)n4)CCO3)C2)c1. The molecule has 1 spiro atoms. The fourth-order valence-corrected chi connectivity index (χ4v) is 3.98. The predicted molar refractivity (Wildman–Crippen MR) is 103 cm³/mol. The molecule has 0 bridgehead atoms. The Hall–Kier alpha value is -2.24. The van der Waals surface area contributed by atoms with Crippen molar-refractivity contribution in [3.05, 3.63) is 65.0 Å². The van der Waals surface area contributed by atoms with Gasteiger partial charge in [0.2, 0.25) is 0 Å². The van der Waals surface area contributed by atoms with E-state index in [4.69, 9.17) is 9.47 Å². The molecule has 0 saturated carbocycles. The maximum atomic E-state index is 12.7. The molecule has 0 N–H and O–H groups in total. The fourth-order valence-electron chi connectivity index (χ4n) is 3.98. The van der Waals surface area contributed by atoms with Crippen LogP contribution in [0.4, 0.5) is 0 Å². The molecule has 4 rings (SSSR count). The van der Waals surface area contributed by atoms with E-state index >= 15 is 0 Å². The molecule has 3 heterocycles. The van der Waals surface area contributed by atoms with Crippen LogP contribution in [0.1, 0.15) is 40.2 Å². The van der Waals surface area contributed by atoms with Crippen LogP contribution >= 0.6 is 0 Å². The van der Waals surface area contributed by atoms with Crippen molar-refractivity contribution >= 4 is 5.91 Å². The van der Waals surface area contributed by atoms with E-state index in [0.717, 1.165) is 35.4 Å². The highest BCUT2D eigenvalue weighted by molar-refractivity contribution is 5.95. The summed E-state index contributed by atoms with van der Waals surface area (Å²) in [7, 11) is 0. The lowest BCUT2D eigenvalue weighted by molar-refractivity contribution is -0.188. The van der Waals surface area contributed by atoms with Gasteiger partial charge in [0.15, 0.2) is 0 Å². The maximum Gasteiger partial charge on any atom is 0.254 e. The lowest BCUT2D eigenvalue weighted by Gasteiger charge is -2.53. The van der Waals surface area contributed by atoms with Crippen LogP contribution in [0.5, 0.6) is 0 Å². The zero-order chi connectivity index (χ0) is 18.9. The largest absolute Gasteiger partial charge is 0.372 e. The number of aromatic nitrogens is 1. The standard InChI is InChI=1S/C22H26N2O3/c1-16-5-3-7-18(11-16)21(25)24-14-22(15-24)12-20(9-10-27-22)26-13-19-8-4-6-17(2)23-19/h3-8,11,20H,9-10,12-15H2,1-2H3/t20-/m1/s1. The molecule has 2 aliphatic rings. The number of nitrogens with zero attached hydrogens (tertiary/aromatic N) is 2. The molecule has 2 fully saturated rings. The Morgan fingerprint density at radius 3 is 2.85 bits per heavy atom. The van der Waals surface area contributed by atoms with Gasteiger partial charge in [0.1, 0.15) is 5.60 Å². The molecule has 1 atom stereocenters. The predicted octanol–water partition coefficient (Wildman–Crippen LogP) is 3.29. The minimum absolute atomic E-state index is 0.0833. The topological polar surface area (TPSA) is 51.7 Å². The van der Waals surface area contributed by atoms with E-state index in [1.165, 1.54) is 0 Å². The summed E-state index contributed by atoms with van der Waals surface area (Å²) in [6.07, 6.45) is 1.87. The summed E-state index contributed by atoms with van der Waals surface area (Å²) in [5.41, 5.74) is 3.56. The van der Waals surface area contributed by atoms with E-state index in [0.29, 0.717) is 26.3 Å². The molecule has 0 aliphatic carbocycles. The monoisotopic (exact) mass is 366 g/mol. The summed E-state index contributed by atoms with van der Waals surface area (Å²) in [5.74, 6) is 0.0833. The molecule has 0 radical (unpaired) electrons. The fraction of sp³-hybridized carbons (Fsp3) is 0.455. The Morgan fingerprint density at radius 1 is 1.26 bits per heavy atom. The molecule has 1 aromatic carbocycles. The second kappa shape index (κ2) is 7.41. The zero-order valence-electron chi connectivity index (χ0n) is 16.0. The molecule has 27 heavy (non-hydrogen) atoms. The molecule has 1 aromatic heterocycles. The molecular weight excluding hydrogens is 340 g/mol. The van der Waals surface area contributed by atoms with Crippen LogP contribution < -0.4 is 0 Å². The Morgan fingerprint density at radius 2 is 2.07 bits per heavy atom. The van der Waals surface area contributed by atoms with Gasteiger partial charge in [0, 0.05) is 24.3 Å². The number of likely N-dealkylation sites (tertiary alicyclic amines) is 1. The first-order chi connectivity index (χ1) is 13.0. The highest BCUT2D eigenvalue weighted by Crippen LogP contribution is 2.36. The lowest BCUT2D eigenvalue weighted by Crippen LogP contribution is -2.67. The highest BCUT2D eigenvalue weighted by Gasteiger charge is 2.49. The number of benzene rings is 1. The van der Waals surface area contributed by atoms with Crippen LogP contribution in [-0.4, -0.2) is 47.2 Å². The average molecular weight is 366 g/mol. The van der Waals surface area contributed by atoms with Crippen molar-refractivity contribution in [3.63, 3.8) is 0 Å². The van der Waals surface area contributed by atoms with Crippen LogP contribution in [0.25, 0.3) is 0 Å².